The van der Waals surface area contributed by atoms with Crippen molar-refractivity contribution in [3.05, 3.63) is 59.9 Å². The predicted molar refractivity (Wildman–Crippen MR) is 97.6 cm³/mol. The van der Waals surface area contributed by atoms with Gasteiger partial charge in [-0.25, -0.2) is 4.39 Å². The molecular formula is C20H26FN2O2+. The maximum absolute atomic E-state index is 13.6. The minimum absolute atomic E-state index is 0.0244. The van der Waals surface area contributed by atoms with Crippen LogP contribution >= 0.6 is 0 Å². The van der Waals surface area contributed by atoms with E-state index in [1.165, 1.54) is 6.07 Å². The molecule has 0 heterocycles. The van der Waals surface area contributed by atoms with Gasteiger partial charge in [0, 0.05) is 5.69 Å². The smallest absolute Gasteiger partial charge is 0.279 e. The highest BCUT2D eigenvalue weighted by atomic mass is 19.1. The van der Waals surface area contributed by atoms with Crippen molar-refractivity contribution in [2.75, 3.05) is 31.6 Å². The summed E-state index contributed by atoms with van der Waals surface area (Å²) in [4.78, 5) is 13.4. The summed E-state index contributed by atoms with van der Waals surface area (Å²) in [6, 6.07) is 14.1. The lowest BCUT2D eigenvalue weighted by Gasteiger charge is -2.19. The van der Waals surface area contributed by atoms with E-state index in [9.17, 15) is 9.18 Å². The van der Waals surface area contributed by atoms with Gasteiger partial charge >= 0.3 is 0 Å². The molecule has 2 aromatic carbocycles. The Morgan fingerprint density at radius 1 is 1.12 bits per heavy atom. The summed E-state index contributed by atoms with van der Waals surface area (Å²) in [5.41, 5.74) is 1.88. The van der Waals surface area contributed by atoms with Crippen molar-refractivity contribution in [1.82, 2.24) is 0 Å². The third-order valence-corrected chi connectivity index (χ3v) is 3.98. The second-order valence-electron chi connectivity index (χ2n) is 6.07. The van der Waals surface area contributed by atoms with Gasteiger partial charge in [0.15, 0.2) is 18.1 Å². The number of hydrogen-bond donors (Lipinski definition) is 2. The zero-order valence-electron chi connectivity index (χ0n) is 14.8. The number of halogens is 1. The number of amides is 1. The Kier molecular flexibility index (Phi) is 7.41. The van der Waals surface area contributed by atoms with E-state index in [0.29, 0.717) is 19.7 Å². The first-order valence-electron chi connectivity index (χ1n) is 8.66. The van der Waals surface area contributed by atoms with Crippen molar-refractivity contribution in [3.8, 4) is 5.75 Å². The Labute approximate surface area is 148 Å². The molecular weight excluding hydrogens is 319 g/mol. The van der Waals surface area contributed by atoms with Gasteiger partial charge in [0.05, 0.1) is 6.54 Å². The molecule has 2 N–H and O–H groups in total. The van der Waals surface area contributed by atoms with Gasteiger partial charge in [0.25, 0.3) is 5.91 Å². The summed E-state index contributed by atoms with van der Waals surface area (Å²) < 4.78 is 19.1. The highest BCUT2D eigenvalue weighted by Gasteiger charge is 2.15. The molecule has 1 amide bonds. The molecule has 25 heavy (non-hydrogen) atoms. The predicted octanol–water partition coefficient (Wildman–Crippen LogP) is 2.45. The van der Waals surface area contributed by atoms with Crippen molar-refractivity contribution < 1.29 is 18.8 Å². The molecule has 0 aliphatic heterocycles. The van der Waals surface area contributed by atoms with Gasteiger partial charge in [-0.15, -0.1) is 0 Å². The molecule has 0 spiro atoms. The molecule has 5 heteroatoms. The molecule has 1 atom stereocenters. The monoisotopic (exact) mass is 345 g/mol. The summed E-state index contributed by atoms with van der Waals surface area (Å²) in [7, 11) is 0. The van der Waals surface area contributed by atoms with Gasteiger partial charge < -0.3 is 15.0 Å². The van der Waals surface area contributed by atoms with Crippen LogP contribution in [-0.4, -0.2) is 32.1 Å². The molecule has 0 radical (unpaired) electrons. The van der Waals surface area contributed by atoms with Crippen LogP contribution in [-0.2, 0) is 4.79 Å². The highest BCUT2D eigenvalue weighted by Crippen LogP contribution is 2.14. The molecule has 4 nitrogen and oxygen atoms in total. The summed E-state index contributed by atoms with van der Waals surface area (Å²) in [5.74, 6) is -0.136. The number of quaternary nitrogens is 1. The lowest BCUT2D eigenvalue weighted by atomic mass is 10.2. The highest BCUT2D eigenvalue weighted by molar-refractivity contribution is 5.92. The van der Waals surface area contributed by atoms with E-state index in [-0.39, 0.29) is 17.5 Å². The van der Waals surface area contributed by atoms with Gasteiger partial charge in [0.1, 0.15) is 13.2 Å². The van der Waals surface area contributed by atoms with Crippen LogP contribution < -0.4 is 15.0 Å². The number of rotatable bonds is 9. The molecule has 2 rings (SSSR count). The van der Waals surface area contributed by atoms with Crippen LogP contribution in [0.25, 0.3) is 0 Å². The second-order valence-corrected chi connectivity index (χ2v) is 6.07. The largest absolute Gasteiger partial charge is 0.485 e. The van der Waals surface area contributed by atoms with E-state index in [4.69, 9.17) is 4.74 Å². The molecule has 0 saturated carbocycles. The zero-order valence-corrected chi connectivity index (χ0v) is 14.8. The van der Waals surface area contributed by atoms with Crippen LogP contribution in [0.4, 0.5) is 10.1 Å². The van der Waals surface area contributed by atoms with Crippen molar-refractivity contribution in [1.29, 1.82) is 0 Å². The number of carbonyl (C=O) groups excluding carboxylic acids is 1. The minimum atomic E-state index is -0.364. The molecule has 2 aromatic rings. The van der Waals surface area contributed by atoms with E-state index < -0.39 is 0 Å². The molecule has 0 bridgehead atoms. The summed E-state index contributed by atoms with van der Waals surface area (Å²) in [6.07, 6.45) is 0.965. The number of para-hydroxylation sites is 2. The number of hydrogen-bond acceptors (Lipinski definition) is 2. The summed E-state index contributed by atoms with van der Waals surface area (Å²) in [6.45, 7) is 6.29. The third-order valence-electron chi connectivity index (χ3n) is 3.98. The topological polar surface area (TPSA) is 42.8 Å². The standard InChI is InChI=1S/C20H25FN2O2/c1-3-12-23(13-14-25-19-11-7-5-9-17(19)21)15-20(24)22-18-10-6-4-8-16(18)2/h4-11H,3,12-15H2,1-2H3,(H,22,24)/p+1. The number of benzene rings is 2. The molecule has 0 aliphatic carbocycles. The van der Waals surface area contributed by atoms with Crippen LogP contribution in [0, 0.1) is 12.7 Å². The Morgan fingerprint density at radius 2 is 1.84 bits per heavy atom. The van der Waals surface area contributed by atoms with Crippen molar-refractivity contribution >= 4 is 11.6 Å². The molecule has 0 saturated heterocycles. The van der Waals surface area contributed by atoms with Gasteiger partial charge in [-0.1, -0.05) is 37.3 Å². The van der Waals surface area contributed by atoms with Crippen LogP contribution in [0.15, 0.2) is 48.5 Å². The first kappa shape index (κ1) is 18.9. The minimum Gasteiger partial charge on any atom is -0.485 e. The lowest BCUT2D eigenvalue weighted by molar-refractivity contribution is -0.891. The van der Waals surface area contributed by atoms with Gasteiger partial charge in [-0.2, -0.15) is 0 Å². The second kappa shape index (κ2) is 9.79. The lowest BCUT2D eigenvalue weighted by Crippen LogP contribution is -3.13. The average molecular weight is 345 g/mol. The number of carbonyl (C=O) groups is 1. The van der Waals surface area contributed by atoms with E-state index in [2.05, 4.69) is 12.2 Å². The van der Waals surface area contributed by atoms with Gasteiger partial charge in [-0.3, -0.25) is 4.79 Å². The molecule has 1 unspecified atom stereocenters. The van der Waals surface area contributed by atoms with Crippen LogP contribution in [0.2, 0.25) is 0 Å². The normalized spacial score (nSPS) is 11.8. The van der Waals surface area contributed by atoms with Crippen LogP contribution in [0.1, 0.15) is 18.9 Å². The Hall–Kier alpha value is -2.40. The van der Waals surface area contributed by atoms with Crippen molar-refractivity contribution in [2.45, 2.75) is 20.3 Å². The Balaban J connectivity index is 1.84. The van der Waals surface area contributed by atoms with E-state index in [0.717, 1.165) is 29.1 Å². The van der Waals surface area contributed by atoms with Gasteiger partial charge in [-0.05, 0) is 37.1 Å². The average Bonchev–Trinajstić information content (AvgIpc) is 2.59. The quantitative estimate of drug-likeness (QED) is 0.733. The van der Waals surface area contributed by atoms with Gasteiger partial charge in [0.2, 0.25) is 0 Å². The Morgan fingerprint density at radius 3 is 2.56 bits per heavy atom. The molecule has 0 fully saturated rings. The first-order valence-corrected chi connectivity index (χ1v) is 8.66. The maximum atomic E-state index is 13.6. The Bertz CT molecular complexity index is 691. The number of ether oxygens (including phenoxy) is 1. The number of aryl methyl sites for hydroxylation is 1. The van der Waals surface area contributed by atoms with Crippen molar-refractivity contribution in [2.24, 2.45) is 0 Å². The number of nitrogens with one attached hydrogen (secondary N) is 2. The number of anilines is 1. The summed E-state index contributed by atoms with van der Waals surface area (Å²) in [5, 5.41) is 2.96. The fourth-order valence-corrected chi connectivity index (χ4v) is 2.66. The van der Waals surface area contributed by atoms with E-state index in [1.807, 2.05) is 31.2 Å². The first-order chi connectivity index (χ1) is 12.1. The molecule has 0 aromatic heterocycles. The molecule has 0 aliphatic rings. The van der Waals surface area contributed by atoms with Crippen LogP contribution in [0.5, 0.6) is 5.75 Å². The molecule has 134 valence electrons. The fourth-order valence-electron chi connectivity index (χ4n) is 2.66. The van der Waals surface area contributed by atoms with E-state index in [1.54, 1.807) is 18.2 Å². The van der Waals surface area contributed by atoms with Crippen LogP contribution in [0.3, 0.4) is 0 Å². The van der Waals surface area contributed by atoms with E-state index >= 15 is 0 Å². The summed E-state index contributed by atoms with van der Waals surface area (Å²) >= 11 is 0. The fraction of sp³-hybridized carbons (Fsp3) is 0.350. The maximum Gasteiger partial charge on any atom is 0.279 e. The third kappa shape index (κ3) is 6.19. The zero-order chi connectivity index (χ0) is 18.1. The van der Waals surface area contributed by atoms with Crippen molar-refractivity contribution in [3.63, 3.8) is 0 Å². The SMILES string of the molecule is CCC[NH+](CCOc1ccccc1F)CC(=O)Nc1ccccc1C.